The molecule has 33 heavy (non-hydrogen) atoms. The number of amides is 1. The van der Waals surface area contributed by atoms with Crippen molar-refractivity contribution in [3.05, 3.63) is 54.6 Å². The van der Waals surface area contributed by atoms with Crippen LogP contribution in [0.1, 0.15) is 46.5 Å². The molecule has 0 spiro atoms. The van der Waals surface area contributed by atoms with Gasteiger partial charge >= 0.3 is 6.09 Å². The number of aromatic nitrogens is 2. The van der Waals surface area contributed by atoms with E-state index in [1.54, 1.807) is 0 Å². The van der Waals surface area contributed by atoms with Gasteiger partial charge in [-0.05, 0) is 76.6 Å². The Balaban J connectivity index is 1.36. The molecule has 2 aromatic carbocycles. The van der Waals surface area contributed by atoms with Crippen molar-refractivity contribution in [1.29, 1.82) is 0 Å². The van der Waals surface area contributed by atoms with Crippen molar-refractivity contribution >= 4 is 34.4 Å². The number of nitrogens with zero attached hydrogens (tertiary/aromatic N) is 2. The molecule has 3 N–H and O–H groups in total. The number of anilines is 3. The van der Waals surface area contributed by atoms with E-state index in [9.17, 15) is 4.79 Å². The maximum Gasteiger partial charge on any atom is 0.407 e. The van der Waals surface area contributed by atoms with Gasteiger partial charge in [-0.15, -0.1) is 0 Å². The van der Waals surface area contributed by atoms with Gasteiger partial charge in [0, 0.05) is 23.7 Å². The standard InChI is InChI=1S/C26H33N5O2/c1-26(2,3)33-25(32)27-17-18-13-15-20(16-14-18)29-24-30-22-12-8-7-11-21(22)23(31-24)28-19-9-5-4-6-10-19/h4-12,18,20H,13-17H2,1-3H3,(H,27,32)(H2,28,29,30,31)/t18-,20-. The zero-order valence-electron chi connectivity index (χ0n) is 19.6. The molecular formula is C26H33N5O2. The summed E-state index contributed by atoms with van der Waals surface area (Å²) in [6.07, 6.45) is 3.76. The van der Waals surface area contributed by atoms with Crippen molar-refractivity contribution in [2.24, 2.45) is 5.92 Å². The molecule has 0 atom stereocenters. The third-order valence-electron chi connectivity index (χ3n) is 5.75. The fourth-order valence-corrected chi connectivity index (χ4v) is 4.13. The molecule has 1 heterocycles. The lowest BCUT2D eigenvalue weighted by atomic mass is 9.86. The molecule has 1 aliphatic rings. The number of alkyl carbamates (subject to hydrolysis) is 1. The average molecular weight is 448 g/mol. The van der Waals surface area contributed by atoms with Gasteiger partial charge in [0.15, 0.2) is 0 Å². The predicted octanol–water partition coefficient (Wildman–Crippen LogP) is 5.87. The van der Waals surface area contributed by atoms with Gasteiger partial charge in [0.1, 0.15) is 11.4 Å². The Labute approximate surface area is 195 Å². The molecular weight excluding hydrogens is 414 g/mol. The minimum atomic E-state index is -0.472. The predicted molar refractivity (Wildman–Crippen MR) is 133 cm³/mol. The summed E-state index contributed by atoms with van der Waals surface area (Å²) in [5, 5.41) is 10.9. The third-order valence-corrected chi connectivity index (χ3v) is 5.75. The number of hydrogen-bond donors (Lipinski definition) is 3. The first-order chi connectivity index (χ1) is 15.9. The van der Waals surface area contributed by atoms with Crippen molar-refractivity contribution in [2.75, 3.05) is 17.2 Å². The minimum absolute atomic E-state index is 0.313. The molecule has 0 saturated heterocycles. The smallest absolute Gasteiger partial charge is 0.407 e. The topological polar surface area (TPSA) is 88.2 Å². The average Bonchev–Trinajstić information content (AvgIpc) is 2.78. The summed E-state index contributed by atoms with van der Waals surface area (Å²) in [6, 6.07) is 18.4. The number of para-hydroxylation sites is 2. The summed E-state index contributed by atoms with van der Waals surface area (Å²) in [4.78, 5) is 21.5. The lowest BCUT2D eigenvalue weighted by Crippen LogP contribution is -2.37. The van der Waals surface area contributed by atoms with Crippen LogP contribution in [0.25, 0.3) is 10.9 Å². The zero-order chi connectivity index (χ0) is 23.3. The number of fused-ring (bicyclic) bond motifs is 1. The van der Waals surface area contributed by atoms with E-state index in [2.05, 4.69) is 16.0 Å². The highest BCUT2D eigenvalue weighted by atomic mass is 16.6. The molecule has 0 radical (unpaired) electrons. The number of carbonyl (C=O) groups excluding carboxylic acids is 1. The van der Waals surface area contributed by atoms with E-state index in [1.807, 2.05) is 75.4 Å². The van der Waals surface area contributed by atoms with E-state index in [4.69, 9.17) is 14.7 Å². The fourth-order valence-electron chi connectivity index (χ4n) is 4.13. The van der Waals surface area contributed by atoms with E-state index in [0.29, 0.717) is 24.5 Å². The summed E-state index contributed by atoms with van der Waals surface area (Å²) in [5.74, 6) is 1.90. The van der Waals surface area contributed by atoms with Crippen LogP contribution in [0.4, 0.5) is 22.2 Å². The van der Waals surface area contributed by atoms with Crippen molar-refractivity contribution in [1.82, 2.24) is 15.3 Å². The van der Waals surface area contributed by atoms with Crippen LogP contribution in [0.2, 0.25) is 0 Å². The van der Waals surface area contributed by atoms with Gasteiger partial charge in [-0.25, -0.2) is 9.78 Å². The van der Waals surface area contributed by atoms with Crippen LogP contribution < -0.4 is 16.0 Å². The number of rotatable bonds is 6. The SMILES string of the molecule is CC(C)(C)OC(=O)NC[C@H]1CC[C@H](Nc2nc(Nc3ccccc3)c3ccccc3n2)CC1. The lowest BCUT2D eigenvalue weighted by molar-refractivity contribution is 0.0515. The van der Waals surface area contributed by atoms with Crippen LogP contribution in [0.15, 0.2) is 54.6 Å². The van der Waals surface area contributed by atoms with Crippen LogP contribution in [0.5, 0.6) is 0 Å². The summed E-state index contributed by atoms with van der Waals surface area (Å²) in [7, 11) is 0. The van der Waals surface area contributed by atoms with Gasteiger partial charge < -0.3 is 20.7 Å². The van der Waals surface area contributed by atoms with Gasteiger partial charge in [-0.3, -0.25) is 0 Å². The first kappa shape index (κ1) is 22.8. The summed E-state index contributed by atoms with van der Waals surface area (Å²) >= 11 is 0. The quantitative estimate of drug-likeness (QED) is 0.438. The minimum Gasteiger partial charge on any atom is -0.444 e. The number of ether oxygens (including phenoxy) is 1. The number of benzene rings is 2. The van der Waals surface area contributed by atoms with Gasteiger partial charge in [0.25, 0.3) is 0 Å². The van der Waals surface area contributed by atoms with Crippen molar-refractivity contribution in [3.63, 3.8) is 0 Å². The fraction of sp³-hybridized carbons (Fsp3) is 0.423. The molecule has 1 saturated carbocycles. The van der Waals surface area contributed by atoms with Crippen LogP contribution >= 0.6 is 0 Å². The van der Waals surface area contributed by atoms with E-state index in [1.165, 1.54) is 0 Å². The first-order valence-electron chi connectivity index (χ1n) is 11.7. The monoisotopic (exact) mass is 447 g/mol. The van der Waals surface area contributed by atoms with Crippen LogP contribution in [-0.4, -0.2) is 34.2 Å². The Hall–Kier alpha value is -3.35. The number of nitrogens with one attached hydrogen (secondary N) is 3. The Morgan fingerprint density at radius 3 is 2.39 bits per heavy atom. The molecule has 1 aromatic heterocycles. The van der Waals surface area contributed by atoms with Gasteiger partial charge in [-0.2, -0.15) is 4.98 Å². The highest BCUT2D eigenvalue weighted by molar-refractivity contribution is 5.91. The molecule has 1 fully saturated rings. The first-order valence-corrected chi connectivity index (χ1v) is 11.7. The van der Waals surface area contributed by atoms with E-state index >= 15 is 0 Å². The van der Waals surface area contributed by atoms with E-state index in [0.717, 1.165) is 48.1 Å². The highest BCUT2D eigenvalue weighted by Crippen LogP contribution is 2.28. The summed E-state index contributed by atoms with van der Waals surface area (Å²) in [5.41, 5.74) is 1.42. The molecule has 1 aliphatic carbocycles. The molecule has 7 heteroatoms. The third kappa shape index (κ3) is 6.57. The van der Waals surface area contributed by atoms with Crippen LogP contribution in [0.3, 0.4) is 0 Å². The molecule has 1 amide bonds. The van der Waals surface area contributed by atoms with Gasteiger partial charge in [0.2, 0.25) is 5.95 Å². The molecule has 0 bridgehead atoms. The molecule has 7 nitrogen and oxygen atoms in total. The summed E-state index contributed by atoms with van der Waals surface area (Å²) in [6.45, 7) is 6.27. The maximum absolute atomic E-state index is 11.9. The summed E-state index contributed by atoms with van der Waals surface area (Å²) < 4.78 is 5.33. The largest absolute Gasteiger partial charge is 0.444 e. The van der Waals surface area contributed by atoms with Gasteiger partial charge in [-0.1, -0.05) is 30.3 Å². The molecule has 0 aliphatic heterocycles. The van der Waals surface area contributed by atoms with Crippen LogP contribution in [0, 0.1) is 5.92 Å². The second-order valence-electron chi connectivity index (χ2n) is 9.65. The van der Waals surface area contributed by atoms with Crippen molar-refractivity contribution in [2.45, 2.75) is 58.1 Å². The molecule has 0 unspecified atom stereocenters. The molecule has 174 valence electrons. The van der Waals surface area contributed by atoms with Gasteiger partial charge in [0.05, 0.1) is 5.52 Å². The second-order valence-corrected chi connectivity index (χ2v) is 9.65. The molecule has 4 rings (SSSR count). The second kappa shape index (κ2) is 10.1. The van der Waals surface area contributed by atoms with Crippen LogP contribution in [-0.2, 0) is 4.74 Å². The lowest BCUT2D eigenvalue weighted by Gasteiger charge is -2.29. The Morgan fingerprint density at radius 2 is 1.67 bits per heavy atom. The Morgan fingerprint density at radius 1 is 0.970 bits per heavy atom. The Bertz CT molecular complexity index is 1070. The maximum atomic E-state index is 11.9. The normalized spacial score (nSPS) is 18.5. The van der Waals surface area contributed by atoms with E-state index in [-0.39, 0.29) is 6.09 Å². The highest BCUT2D eigenvalue weighted by Gasteiger charge is 2.23. The number of carbonyl (C=O) groups is 1. The molecule has 3 aromatic rings. The van der Waals surface area contributed by atoms with Crippen molar-refractivity contribution < 1.29 is 9.53 Å². The van der Waals surface area contributed by atoms with Crippen molar-refractivity contribution in [3.8, 4) is 0 Å². The van der Waals surface area contributed by atoms with E-state index < -0.39 is 5.60 Å². The Kier molecular flexibility index (Phi) is 6.96. The number of hydrogen-bond acceptors (Lipinski definition) is 6. The zero-order valence-corrected chi connectivity index (χ0v) is 19.6.